The SMILES string of the molecule is COc1ccc(CNC(C)(C)C)c(OCCS(C)(=O)=O)c1. The first-order chi connectivity index (χ1) is 9.61. The Kier molecular flexibility index (Phi) is 6.04. The second kappa shape index (κ2) is 7.13. The summed E-state index contributed by atoms with van der Waals surface area (Å²) in [5.41, 5.74) is 0.962. The Hall–Kier alpha value is -1.27. The molecule has 0 aliphatic carbocycles. The lowest BCUT2D eigenvalue weighted by Gasteiger charge is -2.22. The zero-order chi connectivity index (χ0) is 16.1. The zero-order valence-electron chi connectivity index (χ0n) is 13.4. The number of hydrogen-bond donors (Lipinski definition) is 1. The molecule has 6 heteroatoms. The van der Waals surface area contributed by atoms with Crippen LogP contribution in [0.1, 0.15) is 26.3 Å². The molecule has 0 unspecified atom stereocenters. The molecular formula is C15H25NO4S. The predicted molar refractivity (Wildman–Crippen MR) is 84.8 cm³/mol. The molecule has 0 spiro atoms. The van der Waals surface area contributed by atoms with Gasteiger partial charge >= 0.3 is 0 Å². The highest BCUT2D eigenvalue weighted by Crippen LogP contribution is 2.25. The van der Waals surface area contributed by atoms with Gasteiger partial charge < -0.3 is 14.8 Å². The first-order valence-electron chi connectivity index (χ1n) is 6.83. The van der Waals surface area contributed by atoms with Gasteiger partial charge in [0, 0.05) is 30.0 Å². The largest absolute Gasteiger partial charge is 0.497 e. The van der Waals surface area contributed by atoms with E-state index in [4.69, 9.17) is 9.47 Å². The molecule has 0 atom stereocenters. The van der Waals surface area contributed by atoms with Crippen molar-refractivity contribution in [2.45, 2.75) is 32.9 Å². The van der Waals surface area contributed by atoms with E-state index in [1.165, 1.54) is 6.26 Å². The van der Waals surface area contributed by atoms with Crippen molar-refractivity contribution in [3.8, 4) is 11.5 Å². The van der Waals surface area contributed by atoms with Gasteiger partial charge in [-0.05, 0) is 26.8 Å². The quantitative estimate of drug-likeness (QED) is 0.834. The maximum atomic E-state index is 11.2. The summed E-state index contributed by atoms with van der Waals surface area (Å²) in [5, 5.41) is 3.38. The van der Waals surface area contributed by atoms with Crippen molar-refractivity contribution in [1.29, 1.82) is 0 Å². The summed E-state index contributed by atoms with van der Waals surface area (Å²) in [6.45, 7) is 7.03. The molecular weight excluding hydrogens is 290 g/mol. The number of ether oxygens (including phenoxy) is 2. The van der Waals surface area contributed by atoms with E-state index in [2.05, 4.69) is 26.1 Å². The fourth-order valence-corrected chi connectivity index (χ4v) is 1.99. The van der Waals surface area contributed by atoms with Gasteiger partial charge in [-0.2, -0.15) is 0 Å². The molecule has 0 bridgehead atoms. The molecule has 0 radical (unpaired) electrons. The van der Waals surface area contributed by atoms with E-state index in [0.29, 0.717) is 18.0 Å². The van der Waals surface area contributed by atoms with Gasteiger partial charge in [0.15, 0.2) is 9.84 Å². The van der Waals surface area contributed by atoms with Crippen molar-refractivity contribution in [3.63, 3.8) is 0 Å². The number of methoxy groups -OCH3 is 1. The van der Waals surface area contributed by atoms with Crippen molar-refractivity contribution < 1.29 is 17.9 Å². The van der Waals surface area contributed by atoms with Crippen molar-refractivity contribution in [2.24, 2.45) is 0 Å². The summed E-state index contributed by atoms with van der Waals surface area (Å²) in [7, 11) is -1.44. The van der Waals surface area contributed by atoms with Crippen LogP contribution in [0.2, 0.25) is 0 Å². The Bertz CT molecular complexity index is 562. The summed E-state index contributed by atoms with van der Waals surface area (Å²) in [4.78, 5) is 0. The summed E-state index contributed by atoms with van der Waals surface area (Å²) in [5.74, 6) is 1.33. The number of rotatable bonds is 7. The van der Waals surface area contributed by atoms with Crippen LogP contribution in [-0.4, -0.2) is 39.7 Å². The molecule has 0 aliphatic rings. The molecule has 1 aromatic rings. The predicted octanol–water partition coefficient (Wildman–Crippen LogP) is 2.01. The molecule has 1 aromatic carbocycles. The van der Waals surface area contributed by atoms with Gasteiger partial charge in [-0.15, -0.1) is 0 Å². The Morgan fingerprint density at radius 1 is 1.24 bits per heavy atom. The van der Waals surface area contributed by atoms with Gasteiger partial charge in [-0.25, -0.2) is 8.42 Å². The van der Waals surface area contributed by atoms with Gasteiger partial charge in [0.1, 0.15) is 18.1 Å². The minimum absolute atomic E-state index is 0.00362. The molecule has 0 fully saturated rings. The topological polar surface area (TPSA) is 64.6 Å². The van der Waals surface area contributed by atoms with Crippen LogP contribution < -0.4 is 14.8 Å². The molecule has 0 saturated carbocycles. The number of nitrogens with one attached hydrogen (secondary N) is 1. The van der Waals surface area contributed by atoms with Gasteiger partial charge in [0.05, 0.1) is 12.9 Å². The van der Waals surface area contributed by atoms with E-state index in [1.54, 1.807) is 13.2 Å². The average Bonchev–Trinajstić information content (AvgIpc) is 2.34. The lowest BCUT2D eigenvalue weighted by Crippen LogP contribution is -2.35. The lowest BCUT2D eigenvalue weighted by molar-refractivity contribution is 0.329. The molecule has 21 heavy (non-hydrogen) atoms. The van der Waals surface area contributed by atoms with Crippen molar-refractivity contribution >= 4 is 9.84 Å². The van der Waals surface area contributed by atoms with E-state index >= 15 is 0 Å². The molecule has 0 saturated heterocycles. The van der Waals surface area contributed by atoms with E-state index in [-0.39, 0.29) is 17.9 Å². The summed E-state index contributed by atoms with van der Waals surface area (Å²) >= 11 is 0. The zero-order valence-corrected chi connectivity index (χ0v) is 14.2. The standard InChI is InChI=1S/C15H25NO4S/c1-15(2,3)16-11-12-6-7-13(19-4)10-14(12)20-8-9-21(5,17)18/h6-7,10,16H,8-9,11H2,1-5H3. The number of sulfone groups is 1. The summed E-state index contributed by atoms with van der Waals surface area (Å²) in [6.07, 6.45) is 1.20. The summed E-state index contributed by atoms with van der Waals surface area (Å²) in [6, 6.07) is 5.57. The van der Waals surface area contributed by atoms with Crippen LogP contribution in [-0.2, 0) is 16.4 Å². The first-order valence-corrected chi connectivity index (χ1v) is 8.89. The molecule has 0 aliphatic heterocycles. The highest BCUT2D eigenvalue weighted by atomic mass is 32.2. The van der Waals surface area contributed by atoms with Gasteiger partial charge in [-0.3, -0.25) is 0 Å². The second-order valence-corrected chi connectivity index (χ2v) is 8.32. The molecule has 0 aromatic heterocycles. The highest BCUT2D eigenvalue weighted by molar-refractivity contribution is 7.90. The fraction of sp³-hybridized carbons (Fsp3) is 0.600. The molecule has 120 valence electrons. The fourth-order valence-electron chi connectivity index (χ4n) is 1.61. The van der Waals surface area contributed by atoms with E-state index in [9.17, 15) is 8.42 Å². The van der Waals surface area contributed by atoms with Gasteiger partial charge in [-0.1, -0.05) is 6.07 Å². The molecule has 0 amide bonds. The van der Waals surface area contributed by atoms with Gasteiger partial charge in [0.25, 0.3) is 0 Å². The van der Waals surface area contributed by atoms with E-state index < -0.39 is 9.84 Å². The van der Waals surface area contributed by atoms with Crippen LogP contribution in [0.15, 0.2) is 18.2 Å². The van der Waals surface area contributed by atoms with Crippen LogP contribution in [0.4, 0.5) is 0 Å². The van der Waals surface area contributed by atoms with Crippen LogP contribution in [0.25, 0.3) is 0 Å². The molecule has 0 heterocycles. The molecule has 1 rings (SSSR count). The maximum Gasteiger partial charge on any atom is 0.150 e. The summed E-state index contributed by atoms with van der Waals surface area (Å²) < 4.78 is 33.1. The monoisotopic (exact) mass is 315 g/mol. The Balaban J connectivity index is 2.81. The minimum Gasteiger partial charge on any atom is -0.497 e. The van der Waals surface area contributed by atoms with Crippen molar-refractivity contribution in [1.82, 2.24) is 5.32 Å². The third-order valence-electron chi connectivity index (χ3n) is 2.80. The van der Waals surface area contributed by atoms with Crippen LogP contribution >= 0.6 is 0 Å². The normalized spacial score (nSPS) is 12.2. The number of hydrogen-bond acceptors (Lipinski definition) is 5. The average molecular weight is 315 g/mol. The van der Waals surface area contributed by atoms with Crippen LogP contribution in [0.3, 0.4) is 0 Å². The van der Waals surface area contributed by atoms with E-state index in [1.807, 2.05) is 12.1 Å². The van der Waals surface area contributed by atoms with Crippen molar-refractivity contribution in [2.75, 3.05) is 25.7 Å². The molecule has 5 nitrogen and oxygen atoms in total. The first kappa shape index (κ1) is 17.8. The Morgan fingerprint density at radius 2 is 1.90 bits per heavy atom. The van der Waals surface area contributed by atoms with E-state index in [0.717, 1.165) is 5.56 Å². The minimum atomic E-state index is -3.03. The lowest BCUT2D eigenvalue weighted by atomic mass is 10.1. The number of benzene rings is 1. The third-order valence-corrected chi connectivity index (χ3v) is 3.70. The van der Waals surface area contributed by atoms with Crippen molar-refractivity contribution in [3.05, 3.63) is 23.8 Å². The second-order valence-electron chi connectivity index (χ2n) is 6.06. The maximum absolute atomic E-state index is 11.2. The highest BCUT2D eigenvalue weighted by Gasteiger charge is 2.12. The van der Waals surface area contributed by atoms with Crippen LogP contribution in [0.5, 0.6) is 11.5 Å². The Morgan fingerprint density at radius 3 is 2.43 bits per heavy atom. The third kappa shape index (κ3) is 7.34. The van der Waals surface area contributed by atoms with Crippen LogP contribution in [0, 0.1) is 0 Å². The van der Waals surface area contributed by atoms with Gasteiger partial charge in [0.2, 0.25) is 0 Å². The molecule has 1 N–H and O–H groups in total. The Labute approximate surface area is 127 Å². The smallest absolute Gasteiger partial charge is 0.150 e.